The third-order valence-electron chi connectivity index (χ3n) is 12.3. The summed E-state index contributed by atoms with van der Waals surface area (Å²) in [6.07, 6.45) is 5.82. The van der Waals surface area contributed by atoms with Gasteiger partial charge in [-0.3, -0.25) is 44.1 Å². The Bertz CT molecular complexity index is 2430. The first-order valence-corrected chi connectivity index (χ1v) is 21.7. The van der Waals surface area contributed by atoms with E-state index in [2.05, 4.69) is 25.8 Å². The number of imide groups is 1. The fraction of sp³-hybridized carbons (Fsp3) is 0.455. The summed E-state index contributed by atoms with van der Waals surface area (Å²) in [6.45, 7) is 7.63. The minimum Gasteiger partial charge on any atom is -0.386 e. The zero-order valence-corrected chi connectivity index (χ0v) is 35.0. The molecule has 2 atom stereocenters. The minimum absolute atomic E-state index is 0.0280. The van der Waals surface area contributed by atoms with Gasteiger partial charge >= 0.3 is 0 Å². The van der Waals surface area contributed by atoms with Crippen LogP contribution in [-0.4, -0.2) is 110 Å². The van der Waals surface area contributed by atoms with E-state index in [1.807, 2.05) is 29.2 Å². The first-order chi connectivity index (χ1) is 29.3. The number of piperidine rings is 1. The Balaban J connectivity index is 0.803. The fourth-order valence-electron chi connectivity index (χ4n) is 8.99. The quantitative estimate of drug-likeness (QED) is 0.106. The van der Waals surface area contributed by atoms with E-state index >= 15 is 0 Å². The van der Waals surface area contributed by atoms with Crippen LogP contribution in [0.15, 0.2) is 48.8 Å². The normalized spacial score (nSPS) is 22.2. The van der Waals surface area contributed by atoms with E-state index in [0.29, 0.717) is 47.7 Å². The maximum atomic E-state index is 13.7. The summed E-state index contributed by atoms with van der Waals surface area (Å²) in [5.41, 5.74) is 2.39. The topological polar surface area (TPSA) is 221 Å². The molecule has 17 heteroatoms. The molecule has 5 amide bonds. The van der Waals surface area contributed by atoms with Crippen LogP contribution in [0.5, 0.6) is 0 Å². The zero-order valence-electron chi connectivity index (χ0n) is 34.1. The predicted octanol–water partition coefficient (Wildman–Crippen LogP) is 4.21. The molecule has 4 aromatic rings. The maximum Gasteiger partial charge on any atom is 0.257 e. The third kappa shape index (κ3) is 8.71. The van der Waals surface area contributed by atoms with Crippen molar-refractivity contribution in [3.05, 3.63) is 81.6 Å². The Hall–Kier alpha value is -5.80. The average Bonchev–Trinajstić information content (AvgIpc) is 3.79. The highest BCUT2D eigenvalue weighted by molar-refractivity contribution is 7.18. The molecule has 3 fully saturated rings. The second-order valence-corrected chi connectivity index (χ2v) is 17.9. The van der Waals surface area contributed by atoms with Crippen LogP contribution >= 0.6 is 11.3 Å². The van der Waals surface area contributed by atoms with Crippen molar-refractivity contribution in [3.8, 4) is 6.07 Å². The first kappa shape index (κ1) is 41.9. The number of anilines is 2. The molecule has 4 aliphatic rings. The highest BCUT2D eigenvalue weighted by atomic mass is 32.1. The lowest BCUT2D eigenvalue weighted by atomic mass is 9.81. The number of hydrogen-bond donors (Lipinski definition) is 5. The number of fused-ring (bicyclic) bond motifs is 2. The standard InChI is InChI=1S/C44H49N9O7S/c1-44(2,60)30-20-33-35(21-32(30)48-38(55)28-19-25(22-45)23-46-24-28)61-40(49-33)26-7-9-27(10-8-26)41(57)52-17-15-51(16-18-52)14-4-13-47-31-6-3-5-29-37(31)43(59)53(42(29)58)34-11-12-36(54)50-39(34)56/h3,5-6,19-21,23-24,26-27,34,43,47,59-60H,4,7-18H2,1-2H3,(H,48,55)(H,50,54,56). The fourth-order valence-corrected chi connectivity index (χ4v) is 10.1. The summed E-state index contributed by atoms with van der Waals surface area (Å²) in [5.74, 6) is -1.44. The molecule has 0 bridgehead atoms. The number of piperazine rings is 1. The van der Waals surface area contributed by atoms with Gasteiger partial charge in [0.25, 0.3) is 11.8 Å². The molecule has 5 N–H and O–H groups in total. The van der Waals surface area contributed by atoms with Crippen molar-refractivity contribution in [2.75, 3.05) is 49.9 Å². The molecule has 0 spiro atoms. The van der Waals surface area contributed by atoms with E-state index < -0.39 is 35.6 Å². The molecular weight excluding hydrogens is 799 g/mol. The zero-order chi connectivity index (χ0) is 43.0. The van der Waals surface area contributed by atoms with Gasteiger partial charge < -0.3 is 25.7 Å². The second-order valence-electron chi connectivity index (χ2n) is 16.8. The van der Waals surface area contributed by atoms with Crippen molar-refractivity contribution in [2.24, 2.45) is 5.92 Å². The number of carbonyl (C=O) groups is 5. The Morgan fingerprint density at radius 2 is 1.79 bits per heavy atom. The summed E-state index contributed by atoms with van der Waals surface area (Å²) in [5, 5.41) is 41.0. The third-order valence-corrected chi connectivity index (χ3v) is 13.5. The Kier molecular flexibility index (Phi) is 11.9. The molecular formula is C44H49N9O7S. The van der Waals surface area contributed by atoms with Crippen LogP contribution in [0.4, 0.5) is 11.4 Å². The van der Waals surface area contributed by atoms with E-state index in [4.69, 9.17) is 4.98 Å². The molecule has 3 aliphatic heterocycles. The molecule has 2 aromatic heterocycles. The largest absolute Gasteiger partial charge is 0.386 e. The highest BCUT2D eigenvalue weighted by Crippen LogP contribution is 2.42. The van der Waals surface area contributed by atoms with Gasteiger partial charge in [0.1, 0.15) is 12.1 Å². The van der Waals surface area contributed by atoms with Gasteiger partial charge in [-0.15, -0.1) is 11.3 Å². The minimum atomic E-state index is -1.30. The number of nitrogens with one attached hydrogen (secondary N) is 3. The monoisotopic (exact) mass is 847 g/mol. The molecule has 61 heavy (non-hydrogen) atoms. The van der Waals surface area contributed by atoms with Crippen molar-refractivity contribution in [3.63, 3.8) is 0 Å². The van der Waals surface area contributed by atoms with Crippen LogP contribution in [-0.2, 0) is 20.0 Å². The number of nitriles is 1. The van der Waals surface area contributed by atoms with Crippen LogP contribution in [0.3, 0.4) is 0 Å². The van der Waals surface area contributed by atoms with Gasteiger partial charge in [-0.05, 0) is 89.2 Å². The summed E-state index contributed by atoms with van der Waals surface area (Å²) in [4.78, 5) is 78.7. The lowest BCUT2D eigenvalue weighted by molar-refractivity contribution is -0.140. The molecule has 1 aliphatic carbocycles. The highest BCUT2D eigenvalue weighted by Gasteiger charge is 2.45. The van der Waals surface area contributed by atoms with Crippen LogP contribution < -0.4 is 16.0 Å². The van der Waals surface area contributed by atoms with E-state index in [1.54, 1.807) is 37.3 Å². The van der Waals surface area contributed by atoms with Crippen LogP contribution in [0.25, 0.3) is 10.2 Å². The number of benzene rings is 2. The van der Waals surface area contributed by atoms with Crippen LogP contribution in [0.1, 0.15) is 113 Å². The van der Waals surface area contributed by atoms with Crippen molar-refractivity contribution in [1.29, 1.82) is 5.26 Å². The summed E-state index contributed by atoms with van der Waals surface area (Å²) in [7, 11) is 0. The molecule has 2 saturated heterocycles. The predicted molar refractivity (Wildman–Crippen MR) is 226 cm³/mol. The van der Waals surface area contributed by atoms with Gasteiger partial charge in [0.15, 0.2) is 6.23 Å². The van der Waals surface area contributed by atoms with Gasteiger partial charge in [0.05, 0.1) is 32.0 Å². The average molecular weight is 848 g/mol. The van der Waals surface area contributed by atoms with E-state index in [-0.39, 0.29) is 47.6 Å². The molecule has 1 saturated carbocycles. The number of pyridine rings is 1. The lowest BCUT2D eigenvalue weighted by Crippen LogP contribution is -2.53. The van der Waals surface area contributed by atoms with Gasteiger partial charge in [-0.25, -0.2) is 4.98 Å². The Morgan fingerprint density at radius 1 is 1.02 bits per heavy atom. The molecule has 0 radical (unpaired) electrons. The van der Waals surface area contributed by atoms with Gasteiger partial charge in [0, 0.05) is 91.4 Å². The lowest BCUT2D eigenvalue weighted by Gasteiger charge is -2.37. The number of aromatic nitrogens is 2. The van der Waals surface area contributed by atoms with Gasteiger partial charge in [0.2, 0.25) is 17.7 Å². The molecule has 8 rings (SSSR count). The van der Waals surface area contributed by atoms with E-state index in [0.717, 1.165) is 67.0 Å². The first-order valence-electron chi connectivity index (χ1n) is 20.8. The summed E-state index contributed by atoms with van der Waals surface area (Å²) < 4.78 is 0.881. The molecule has 2 aromatic carbocycles. The Morgan fingerprint density at radius 3 is 2.51 bits per heavy atom. The van der Waals surface area contributed by atoms with E-state index in [1.165, 1.54) is 23.4 Å². The Labute approximate surface area is 356 Å². The molecule has 16 nitrogen and oxygen atoms in total. The SMILES string of the molecule is CC(C)(O)c1cc2nc(C3CCC(C(=O)N4CCN(CCCNc5cccc6c5C(O)N(C5CCC(=O)NC5=O)C6=O)CC4)CC3)sc2cc1NC(=O)c1cncc(C#N)c1. The summed E-state index contributed by atoms with van der Waals surface area (Å²) in [6, 6.07) is 11.4. The number of thiazole rings is 1. The maximum absolute atomic E-state index is 13.7. The molecule has 318 valence electrons. The molecule has 2 unspecified atom stereocenters. The number of rotatable bonds is 11. The number of aliphatic hydroxyl groups is 2. The number of carbonyl (C=O) groups excluding carboxylic acids is 5. The smallest absolute Gasteiger partial charge is 0.257 e. The van der Waals surface area contributed by atoms with Crippen molar-refractivity contribution in [2.45, 2.75) is 82.6 Å². The second kappa shape index (κ2) is 17.3. The number of amides is 5. The van der Waals surface area contributed by atoms with Crippen molar-refractivity contribution >= 4 is 62.5 Å². The number of hydrogen-bond acceptors (Lipinski definition) is 13. The van der Waals surface area contributed by atoms with Crippen LogP contribution in [0, 0.1) is 17.2 Å². The number of nitrogens with zero attached hydrogens (tertiary/aromatic N) is 6. The number of aliphatic hydroxyl groups excluding tert-OH is 1. The van der Waals surface area contributed by atoms with Crippen LogP contribution in [0.2, 0.25) is 0 Å². The molecule has 5 heterocycles. The van der Waals surface area contributed by atoms with Gasteiger partial charge in [-0.2, -0.15) is 5.26 Å². The van der Waals surface area contributed by atoms with E-state index in [9.17, 15) is 39.4 Å². The van der Waals surface area contributed by atoms with Gasteiger partial charge in [-0.1, -0.05) is 6.07 Å². The van der Waals surface area contributed by atoms with Crippen molar-refractivity contribution in [1.82, 2.24) is 30.0 Å². The van der Waals surface area contributed by atoms with Crippen molar-refractivity contribution < 1.29 is 34.2 Å². The summed E-state index contributed by atoms with van der Waals surface area (Å²) >= 11 is 1.57.